The Labute approximate surface area is 127 Å². The monoisotopic (exact) mass is 242 g/mol. The van der Waals surface area contributed by atoms with Gasteiger partial charge in [-0.2, -0.15) is 23.4 Å². The quantitative estimate of drug-likeness (QED) is 0.371. The fourth-order valence-electron chi connectivity index (χ4n) is 0. The second-order valence-electron chi connectivity index (χ2n) is 0. The van der Waals surface area contributed by atoms with E-state index in [0.29, 0.717) is 0 Å². The van der Waals surface area contributed by atoms with Crippen LogP contribution in [0, 0.1) is 0 Å². The van der Waals surface area contributed by atoms with Gasteiger partial charge in [0.15, 0.2) is 17.4 Å². The maximum atomic E-state index is 0. The van der Waals surface area contributed by atoms with Gasteiger partial charge in [0, 0.05) is 17.1 Å². The molecule has 0 N–H and O–H groups in total. The molecule has 0 amide bonds. The Hall–Kier alpha value is 3.79. The first kappa shape index (κ1) is 72.0. The van der Waals surface area contributed by atoms with Crippen molar-refractivity contribution >= 4 is 102 Å². The predicted molar refractivity (Wildman–Crippen MR) is 49.9 cm³/mol. The van der Waals surface area contributed by atoms with Crippen LogP contribution >= 0.6 is 23.4 Å². The van der Waals surface area contributed by atoms with Crippen LogP contribution in [0.15, 0.2) is 0 Å². The molecule has 1 unspecified atom stereocenters. The SMILES string of the molecule is F.P.S.[AlH3].[Ca+2].[Fe].[H-].[H-].[H-].[H-].[Mg+2]. The van der Waals surface area contributed by atoms with Crippen LogP contribution in [-0.2, 0) is 17.1 Å². The number of rotatable bonds is 0. The van der Waals surface area contributed by atoms with Crippen molar-refractivity contribution in [2.45, 2.75) is 0 Å². The molecule has 0 bridgehead atoms. The summed E-state index contributed by atoms with van der Waals surface area (Å²) in [6, 6.07) is 0. The van der Waals surface area contributed by atoms with Gasteiger partial charge in [-0.25, -0.2) is 0 Å². The van der Waals surface area contributed by atoms with E-state index >= 15 is 0 Å². The molecule has 7 heavy (non-hydrogen) atoms. The van der Waals surface area contributed by atoms with Crippen molar-refractivity contribution in [1.82, 2.24) is 0 Å². The molecular formula is H13AlCaFFeMgPS. The maximum Gasteiger partial charge on any atom is 2.00 e. The molecule has 0 spiro atoms. The molecule has 0 aromatic carbocycles. The van der Waals surface area contributed by atoms with Gasteiger partial charge in [-0.05, 0) is 0 Å². The van der Waals surface area contributed by atoms with Crippen LogP contribution in [0.25, 0.3) is 0 Å². The summed E-state index contributed by atoms with van der Waals surface area (Å²) in [5, 5.41) is 0. The second kappa shape index (κ2) is 52.7. The summed E-state index contributed by atoms with van der Waals surface area (Å²) < 4.78 is 0. The Kier molecular flexibility index (Phi) is 542. The van der Waals surface area contributed by atoms with Crippen LogP contribution in [0.2, 0.25) is 0 Å². The van der Waals surface area contributed by atoms with E-state index in [-0.39, 0.29) is 129 Å². The van der Waals surface area contributed by atoms with Gasteiger partial charge in [0.2, 0.25) is 0 Å². The Morgan fingerprint density at radius 2 is 1.14 bits per heavy atom. The van der Waals surface area contributed by atoms with E-state index in [1.807, 2.05) is 0 Å². The van der Waals surface area contributed by atoms with E-state index in [4.69, 9.17) is 0 Å². The molecule has 0 radical (unpaired) electrons. The fraction of sp³-hybridized carbons (Fsp3) is 0. The number of hydrogen-bond acceptors (Lipinski definition) is 0. The summed E-state index contributed by atoms with van der Waals surface area (Å²) in [5.41, 5.74) is 0. The zero-order valence-corrected chi connectivity index (χ0v) is 10.5. The fourth-order valence-corrected chi connectivity index (χ4v) is 0. The average Bonchev–Trinajstić information content (AvgIpc) is 0. The van der Waals surface area contributed by atoms with Crippen LogP contribution in [0.3, 0.4) is 0 Å². The molecule has 0 aliphatic heterocycles. The van der Waals surface area contributed by atoms with Crippen molar-refractivity contribution in [2.75, 3.05) is 0 Å². The van der Waals surface area contributed by atoms with Crippen molar-refractivity contribution in [3.8, 4) is 0 Å². The molecule has 0 saturated heterocycles. The second-order valence-corrected chi connectivity index (χ2v) is 0. The molecule has 46 valence electrons. The molecule has 0 heterocycles. The standard InChI is InChI=1S/Al.Ca.FH.Fe.Mg.H3P.H2S.7H/h;;1H;;;1H3;1H2;;;;;;;/q;+2;;;+2;;;;;;4*-1. The molecule has 0 aliphatic carbocycles. The van der Waals surface area contributed by atoms with Crippen molar-refractivity contribution in [3.05, 3.63) is 0 Å². The van der Waals surface area contributed by atoms with E-state index in [0.717, 1.165) is 0 Å². The zero-order chi connectivity index (χ0) is 0. The smallest absolute Gasteiger partial charge is 1.00 e. The van der Waals surface area contributed by atoms with E-state index in [2.05, 4.69) is 0 Å². The van der Waals surface area contributed by atoms with E-state index in [1.165, 1.54) is 0 Å². The third-order valence-corrected chi connectivity index (χ3v) is 0. The maximum absolute atomic E-state index is 0. The van der Waals surface area contributed by atoms with Crippen molar-refractivity contribution in [1.29, 1.82) is 0 Å². The van der Waals surface area contributed by atoms with Crippen molar-refractivity contribution in [3.63, 3.8) is 0 Å². The zero-order valence-electron chi connectivity index (χ0n) is 7.38. The van der Waals surface area contributed by atoms with Crippen LogP contribution in [0.1, 0.15) is 5.71 Å². The van der Waals surface area contributed by atoms with Crippen LogP contribution in [-0.4, -0.2) is 78.2 Å². The summed E-state index contributed by atoms with van der Waals surface area (Å²) in [6.07, 6.45) is 0. The van der Waals surface area contributed by atoms with Gasteiger partial charge in [0.1, 0.15) is 0 Å². The van der Waals surface area contributed by atoms with Gasteiger partial charge in [-0.3, -0.25) is 4.70 Å². The molecule has 0 rings (SSSR count). The molecule has 0 aliphatic rings. The first-order chi connectivity index (χ1) is 0. The summed E-state index contributed by atoms with van der Waals surface area (Å²) >= 11 is 0. The van der Waals surface area contributed by atoms with Gasteiger partial charge in [-0.15, -0.1) is 0 Å². The minimum Gasteiger partial charge on any atom is -1.00 e. The van der Waals surface area contributed by atoms with Gasteiger partial charge in [-0.1, -0.05) is 0 Å². The van der Waals surface area contributed by atoms with Gasteiger partial charge in [0.25, 0.3) is 0 Å². The molecule has 7 heteroatoms. The molecule has 0 aromatic rings. The molecule has 0 aromatic heterocycles. The summed E-state index contributed by atoms with van der Waals surface area (Å²) in [5.74, 6) is 0. The molecular weight excluding hydrogens is 229 g/mol. The van der Waals surface area contributed by atoms with Crippen LogP contribution < -0.4 is 0 Å². The summed E-state index contributed by atoms with van der Waals surface area (Å²) in [4.78, 5) is 0. The van der Waals surface area contributed by atoms with Gasteiger partial charge < -0.3 is 5.71 Å². The van der Waals surface area contributed by atoms with Crippen LogP contribution in [0.4, 0.5) is 4.70 Å². The third-order valence-electron chi connectivity index (χ3n) is 0. The Morgan fingerprint density at radius 3 is 1.14 bits per heavy atom. The normalized spacial score (nSPS) is 0. The summed E-state index contributed by atoms with van der Waals surface area (Å²) in [7, 11) is 0. The molecule has 1 atom stereocenters. The average molecular weight is 242 g/mol. The number of hydrogen-bond donors (Lipinski definition) is 0. The first-order valence-corrected chi connectivity index (χ1v) is 0. The van der Waals surface area contributed by atoms with E-state index in [9.17, 15) is 0 Å². The van der Waals surface area contributed by atoms with Crippen molar-refractivity contribution in [2.24, 2.45) is 0 Å². The molecule has 0 fully saturated rings. The van der Waals surface area contributed by atoms with E-state index < -0.39 is 0 Å². The molecule has 0 saturated carbocycles. The minimum atomic E-state index is 0. The van der Waals surface area contributed by atoms with E-state index in [1.54, 1.807) is 0 Å². The summed E-state index contributed by atoms with van der Waals surface area (Å²) in [6.45, 7) is 0. The minimum absolute atomic E-state index is 0. The largest absolute Gasteiger partial charge is 2.00 e. The Bertz CT molecular complexity index is 30.1. The Balaban J connectivity index is 0. The van der Waals surface area contributed by atoms with Crippen LogP contribution in [0.5, 0.6) is 0 Å². The van der Waals surface area contributed by atoms with Gasteiger partial charge in [0.05, 0.1) is 0 Å². The number of halogens is 1. The van der Waals surface area contributed by atoms with Crippen molar-refractivity contribution < 1.29 is 27.5 Å². The molecule has 0 nitrogen and oxygen atoms in total. The predicted octanol–water partition coefficient (Wildman–Crippen LogP) is -1.17. The Morgan fingerprint density at radius 1 is 1.14 bits per heavy atom. The topological polar surface area (TPSA) is 0 Å². The first-order valence-electron chi connectivity index (χ1n) is 0. The van der Waals surface area contributed by atoms with Gasteiger partial charge >= 0.3 is 60.8 Å². The third kappa shape index (κ3) is 41.4.